The number of allylic oxidation sites excluding steroid dienone is 1. The molecule has 22 heavy (non-hydrogen) atoms. The van der Waals surface area contributed by atoms with Gasteiger partial charge in [0, 0.05) is 0 Å². The molecule has 0 radical (unpaired) electrons. The van der Waals surface area contributed by atoms with Gasteiger partial charge in [-0.25, -0.2) is 0 Å². The molecule has 0 amide bonds. The molecule has 1 unspecified atom stereocenters. The van der Waals surface area contributed by atoms with Crippen LogP contribution in [0.2, 0.25) is 4.82 Å². The van der Waals surface area contributed by atoms with Gasteiger partial charge in [0.25, 0.3) is 0 Å². The molecule has 2 heteroatoms. The van der Waals surface area contributed by atoms with E-state index in [0.717, 1.165) is 25.7 Å². The Morgan fingerprint density at radius 2 is 1.77 bits per heavy atom. The molecule has 3 atom stereocenters. The maximum atomic E-state index is 13.4. The number of carbonyl (C=O) groups excluding carboxylic acids is 1. The second-order valence-electron chi connectivity index (χ2n) is 7.30. The second kappa shape index (κ2) is 5.98. The zero-order valence-electron chi connectivity index (χ0n) is 13.7. The van der Waals surface area contributed by atoms with Gasteiger partial charge in [-0.05, 0) is 0 Å². The molecular weight excluding hydrogens is 335 g/mol. The summed E-state index contributed by atoms with van der Waals surface area (Å²) in [6.07, 6.45) is 6.75. The summed E-state index contributed by atoms with van der Waals surface area (Å²) in [5.41, 5.74) is 1.14. The van der Waals surface area contributed by atoms with Gasteiger partial charge in [0.05, 0.1) is 0 Å². The van der Waals surface area contributed by atoms with Crippen LogP contribution < -0.4 is 4.46 Å². The third kappa shape index (κ3) is 2.51. The van der Waals surface area contributed by atoms with Crippen molar-refractivity contribution in [3.8, 4) is 0 Å². The van der Waals surface area contributed by atoms with Crippen LogP contribution in [0.3, 0.4) is 0 Å². The van der Waals surface area contributed by atoms with Crippen molar-refractivity contribution in [3.63, 3.8) is 0 Å². The Kier molecular flexibility index (Phi) is 4.36. The fraction of sp³-hybridized carbons (Fsp3) is 0.550. The van der Waals surface area contributed by atoms with E-state index in [9.17, 15) is 4.79 Å². The SMILES string of the molecule is C=C1CCC[C@]1(C)[C@@]1(C)CCCC([Se]c2ccccc2)C1=O. The van der Waals surface area contributed by atoms with Gasteiger partial charge in [0.1, 0.15) is 0 Å². The van der Waals surface area contributed by atoms with Gasteiger partial charge >= 0.3 is 140 Å². The van der Waals surface area contributed by atoms with Gasteiger partial charge in [-0.3, -0.25) is 0 Å². The summed E-state index contributed by atoms with van der Waals surface area (Å²) < 4.78 is 1.35. The Bertz CT molecular complexity index is 579. The van der Waals surface area contributed by atoms with Crippen molar-refractivity contribution in [2.45, 2.75) is 57.2 Å². The molecule has 0 saturated heterocycles. The topological polar surface area (TPSA) is 17.1 Å². The number of hydrogen-bond acceptors (Lipinski definition) is 1. The minimum absolute atomic E-state index is 0.0233. The Morgan fingerprint density at radius 3 is 2.41 bits per heavy atom. The molecule has 1 aromatic rings. The molecule has 118 valence electrons. The average molecular weight is 361 g/mol. The molecule has 3 rings (SSSR count). The van der Waals surface area contributed by atoms with Gasteiger partial charge in [-0.1, -0.05) is 0 Å². The summed E-state index contributed by atoms with van der Waals surface area (Å²) in [6, 6.07) is 10.6. The first-order valence-corrected chi connectivity index (χ1v) is 10.3. The van der Waals surface area contributed by atoms with E-state index in [4.69, 9.17) is 0 Å². The third-order valence-electron chi connectivity index (χ3n) is 6.15. The molecule has 0 bridgehead atoms. The van der Waals surface area contributed by atoms with Crippen molar-refractivity contribution in [1.29, 1.82) is 0 Å². The van der Waals surface area contributed by atoms with Crippen LogP contribution in [0, 0.1) is 10.8 Å². The van der Waals surface area contributed by atoms with Crippen LogP contribution in [0.15, 0.2) is 42.5 Å². The van der Waals surface area contributed by atoms with E-state index < -0.39 is 0 Å². The first-order valence-electron chi connectivity index (χ1n) is 8.42. The quantitative estimate of drug-likeness (QED) is 0.579. The molecule has 1 aromatic carbocycles. The first kappa shape index (κ1) is 16.0. The zero-order chi connectivity index (χ0) is 15.8. The fourth-order valence-electron chi connectivity index (χ4n) is 4.35. The summed E-state index contributed by atoms with van der Waals surface area (Å²) >= 11 is 0.260. The van der Waals surface area contributed by atoms with Crippen molar-refractivity contribution >= 4 is 25.2 Å². The molecule has 0 spiro atoms. The number of ketones is 1. The summed E-state index contributed by atoms with van der Waals surface area (Å²) in [4.78, 5) is 13.6. The normalized spacial score (nSPS) is 35.8. The van der Waals surface area contributed by atoms with Gasteiger partial charge < -0.3 is 0 Å². The summed E-state index contributed by atoms with van der Waals surface area (Å²) in [7, 11) is 0. The number of hydrogen-bond donors (Lipinski definition) is 0. The number of rotatable bonds is 3. The molecule has 2 saturated carbocycles. The van der Waals surface area contributed by atoms with Crippen molar-refractivity contribution in [2.24, 2.45) is 10.8 Å². The van der Waals surface area contributed by atoms with Gasteiger partial charge in [0.15, 0.2) is 0 Å². The second-order valence-corrected chi connectivity index (χ2v) is 9.97. The van der Waals surface area contributed by atoms with Crippen LogP contribution in [0.4, 0.5) is 0 Å². The van der Waals surface area contributed by atoms with Crippen molar-refractivity contribution < 1.29 is 4.79 Å². The van der Waals surface area contributed by atoms with Gasteiger partial charge in [0.2, 0.25) is 0 Å². The Labute approximate surface area is 140 Å². The van der Waals surface area contributed by atoms with Crippen LogP contribution >= 0.6 is 0 Å². The molecule has 0 N–H and O–H groups in total. The van der Waals surface area contributed by atoms with E-state index in [2.05, 4.69) is 50.8 Å². The van der Waals surface area contributed by atoms with Crippen LogP contribution in [0.25, 0.3) is 0 Å². The van der Waals surface area contributed by atoms with E-state index in [1.807, 2.05) is 0 Å². The summed E-state index contributed by atoms with van der Waals surface area (Å²) in [6.45, 7) is 8.86. The molecule has 2 aliphatic carbocycles. The number of carbonyl (C=O) groups is 1. The van der Waals surface area contributed by atoms with Gasteiger partial charge in [-0.2, -0.15) is 0 Å². The number of benzene rings is 1. The molecule has 2 aliphatic rings. The van der Waals surface area contributed by atoms with E-state index in [0.29, 0.717) is 5.78 Å². The average Bonchev–Trinajstić information content (AvgIpc) is 2.86. The van der Waals surface area contributed by atoms with E-state index in [1.165, 1.54) is 22.9 Å². The molecule has 0 aliphatic heterocycles. The Balaban J connectivity index is 1.85. The van der Waals surface area contributed by atoms with Gasteiger partial charge in [-0.15, -0.1) is 0 Å². The van der Waals surface area contributed by atoms with E-state index >= 15 is 0 Å². The van der Waals surface area contributed by atoms with Crippen molar-refractivity contribution in [2.75, 3.05) is 0 Å². The molecule has 1 nitrogen and oxygen atoms in total. The zero-order valence-corrected chi connectivity index (χ0v) is 15.4. The van der Waals surface area contributed by atoms with Crippen molar-refractivity contribution in [1.82, 2.24) is 0 Å². The summed E-state index contributed by atoms with van der Waals surface area (Å²) in [5, 5.41) is 0. The molecule has 2 fully saturated rings. The predicted molar refractivity (Wildman–Crippen MR) is 93.6 cm³/mol. The predicted octanol–water partition coefficient (Wildman–Crippen LogP) is 4.31. The van der Waals surface area contributed by atoms with Crippen LogP contribution in [-0.2, 0) is 4.79 Å². The minimum atomic E-state index is -0.194. The first-order chi connectivity index (χ1) is 10.5. The fourth-order valence-corrected chi connectivity index (χ4v) is 7.06. The summed E-state index contributed by atoms with van der Waals surface area (Å²) in [5.74, 6) is 0.521. The van der Waals surface area contributed by atoms with E-state index in [1.54, 1.807) is 0 Å². The monoisotopic (exact) mass is 362 g/mol. The molecule has 0 heterocycles. The third-order valence-corrected chi connectivity index (χ3v) is 8.84. The van der Waals surface area contributed by atoms with Crippen molar-refractivity contribution in [3.05, 3.63) is 42.5 Å². The standard InChI is InChI=1S/C20H26OSe/c1-15-9-7-13-19(15,2)20(3)14-8-12-17(18(20)21)22-16-10-5-4-6-11-16/h4-6,10-11,17H,1,7-9,12-14H2,2-3H3/t17?,19-,20-/m0/s1. The van der Waals surface area contributed by atoms with Crippen LogP contribution in [0.5, 0.6) is 0 Å². The Morgan fingerprint density at radius 1 is 1.09 bits per heavy atom. The Hall–Kier alpha value is -0.851. The van der Waals surface area contributed by atoms with Crippen LogP contribution in [0.1, 0.15) is 52.4 Å². The molecular formula is C20H26OSe. The maximum absolute atomic E-state index is 13.4. The van der Waals surface area contributed by atoms with E-state index in [-0.39, 0.29) is 30.6 Å². The van der Waals surface area contributed by atoms with Crippen LogP contribution in [-0.4, -0.2) is 20.7 Å². The number of Topliss-reactive ketones (excluding diaryl/α,β-unsaturated/α-hetero) is 1. The molecule has 0 aromatic heterocycles.